The van der Waals surface area contributed by atoms with Crippen LogP contribution in [0.15, 0.2) is 78.4 Å². The zero-order valence-corrected chi connectivity index (χ0v) is 20.6. The monoisotopic (exact) mass is 504 g/mol. The maximum absolute atomic E-state index is 11.0. The SMILES string of the molecule is C[C@@H](Nc1ncnc2c(-c3ccc(C[C@H](N)C(=O)O)cc3)csc12)c1ccc2ccccc2c1.Cl. The first kappa shape index (κ1) is 24.6. The molecule has 4 N–H and O–H groups in total. The number of carbonyl (C=O) groups is 1. The summed E-state index contributed by atoms with van der Waals surface area (Å²) in [6, 6.07) is 21.8. The molecule has 0 radical (unpaired) electrons. The van der Waals surface area contributed by atoms with E-state index in [0.717, 1.165) is 32.7 Å². The van der Waals surface area contributed by atoms with Crippen LogP contribution >= 0.6 is 23.7 Å². The Balaban J connectivity index is 0.00000289. The molecular weight excluding hydrogens is 480 g/mol. The van der Waals surface area contributed by atoms with Crippen molar-refractivity contribution in [2.75, 3.05) is 5.32 Å². The smallest absolute Gasteiger partial charge is 0.320 e. The van der Waals surface area contributed by atoms with Crippen molar-refractivity contribution in [3.05, 3.63) is 89.6 Å². The number of carboxylic acid groups (broad SMARTS) is 1. The van der Waals surface area contributed by atoms with Gasteiger partial charge >= 0.3 is 5.97 Å². The first-order valence-electron chi connectivity index (χ1n) is 11.0. The van der Waals surface area contributed by atoms with Gasteiger partial charge in [-0.15, -0.1) is 23.7 Å². The van der Waals surface area contributed by atoms with Crippen molar-refractivity contribution in [3.63, 3.8) is 0 Å². The molecule has 0 aliphatic heterocycles. The summed E-state index contributed by atoms with van der Waals surface area (Å²) in [7, 11) is 0. The first-order valence-corrected chi connectivity index (χ1v) is 11.9. The summed E-state index contributed by atoms with van der Waals surface area (Å²) in [6.07, 6.45) is 1.89. The van der Waals surface area contributed by atoms with E-state index in [1.807, 2.05) is 30.3 Å². The van der Waals surface area contributed by atoms with Gasteiger partial charge in [0.15, 0.2) is 0 Å². The van der Waals surface area contributed by atoms with Crippen LogP contribution in [-0.2, 0) is 11.2 Å². The Morgan fingerprint density at radius 2 is 1.80 bits per heavy atom. The van der Waals surface area contributed by atoms with E-state index in [0.29, 0.717) is 6.42 Å². The summed E-state index contributed by atoms with van der Waals surface area (Å²) in [5, 5.41) is 17.1. The number of thiophene rings is 1. The summed E-state index contributed by atoms with van der Waals surface area (Å²) >= 11 is 1.61. The van der Waals surface area contributed by atoms with Gasteiger partial charge in [-0.25, -0.2) is 9.97 Å². The minimum atomic E-state index is -0.998. The quantitative estimate of drug-likeness (QED) is 0.249. The molecule has 3 aromatic carbocycles. The van der Waals surface area contributed by atoms with Gasteiger partial charge in [0, 0.05) is 10.9 Å². The second kappa shape index (κ2) is 10.4. The minimum Gasteiger partial charge on any atom is -0.480 e. The number of halogens is 1. The van der Waals surface area contributed by atoms with E-state index < -0.39 is 12.0 Å². The van der Waals surface area contributed by atoms with Gasteiger partial charge in [0.2, 0.25) is 0 Å². The van der Waals surface area contributed by atoms with E-state index >= 15 is 0 Å². The molecule has 0 saturated heterocycles. The topological polar surface area (TPSA) is 101 Å². The molecule has 0 aliphatic carbocycles. The van der Waals surface area contributed by atoms with Crippen molar-refractivity contribution in [1.29, 1.82) is 0 Å². The fourth-order valence-electron chi connectivity index (χ4n) is 4.09. The summed E-state index contributed by atoms with van der Waals surface area (Å²) < 4.78 is 1.00. The highest BCUT2D eigenvalue weighted by atomic mass is 35.5. The van der Waals surface area contributed by atoms with Gasteiger partial charge in [0.25, 0.3) is 0 Å². The molecule has 0 saturated carbocycles. The van der Waals surface area contributed by atoms with Crippen LogP contribution in [0.5, 0.6) is 0 Å². The van der Waals surface area contributed by atoms with E-state index in [1.165, 1.54) is 16.3 Å². The highest BCUT2D eigenvalue weighted by Crippen LogP contribution is 2.37. The standard InChI is InChI=1S/C27H24N4O2S.ClH/c1-16(20-11-10-18-4-2-3-5-21(18)13-20)31-26-25-24(29-15-30-26)22(14-34-25)19-8-6-17(7-9-19)12-23(28)27(32)33;/h2-11,13-16,23H,12,28H2,1H3,(H,32,33)(H,29,30,31);1H/t16-,23+;/m1./s1. The molecule has 2 aromatic heterocycles. The van der Waals surface area contributed by atoms with Crippen LogP contribution in [0.1, 0.15) is 24.1 Å². The Kier molecular flexibility index (Phi) is 7.31. The number of hydrogen-bond acceptors (Lipinski definition) is 6. The molecule has 8 heteroatoms. The Morgan fingerprint density at radius 1 is 1.06 bits per heavy atom. The molecule has 0 fully saturated rings. The fraction of sp³-hybridized carbons (Fsp3) is 0.148. The number of nitrogens with zero attached hydrogens (tertiary/aromatic N) is 2. The Labute approximate surface area is 213 Å². The Hall–Kier alpha value is -3.52. The zero-order valence-electron chi connectivity index (χ0n) is 19.0. The van der Waals surface area contributed by atoms with Crippen molar-refractivity contribution in [2.24, 2.45) is 5.73 Å². The molecule has 2 heterocycles. The third-order valence-electron chi connectivity index (χ3n) is 6.02. The van der Waals surface area contributed by atoms with E-state index in [-0.39, 0.29) is 18.4 Å². The third kappa shape index (κ3) is 5.12. The minimum absolute atomic E-state index is 0. The number of nitrogens with one attached hydrogen (secondary N) is 1. The lowest BCUT2D eigenvalue weighted by Gasteiger charge is -2.16. The number of aromatic nitrogens is 2. The van der Waals surface area contributed by atoms with Crippen molar-refractivity contribution < 1.29 is 9.90 Å². The predicted molar refractivity (Wildman–Crippen MR) is 145 cm³/mol. The number of hydrogen-bond donors (Lipinski definition) is 3. The second-order valence-corrected chi connectivity index (χ2v) is 9.25. The Bertz CT molecular complexity index is 1490. The molecule has 35 heavy (non-hydrogen) atoms. The molecule has 0 aliphatic rings. The Morgan fingerprint density at radius 3 is 2.54 bits per heavy atom. The summed E-state index contributed by atoms with van der Waals surface area (Å²) in [5.41, 5.74) is 10.7. The number of anilines is 1. The van der Waals surface area contributed by atoms with E-state index in [1.54, 1.807) is 17.7 Å². The predicted octanol–water partition coefficient (Wildman–Crippen LogP) is 6.06. The maximum Gasteiger partial charge on any atom is 0.320 e. The molecule has 0 spiro atoms. The van der Waals surface area contributed by atoms with Gasteiger partial charge in [0.1, 0.15) is 18.2 Å². The molecule has 0 unspecified atom stereocenters. The number of benzene rings is 3. The summed E-state index contributed by atoms with van der Waals surface area (Å²) in [4.78, 5) is 20.1. The maximum atomic E-state index is 11.0. The van der Waals surface area contributed by atoms with Crippen LogP contribution in [0.3, 0.4) is 0 Å². The molecular formula is C27H25ClN4O2S. The van der Waals surface area contributed by atoms with Gasteiger partial charge in [-0.3, -0.25) is 4.79 Å². The third-order valence-corrected chi connectivity index (χ3v) is 6.99. The van der Waals surface area contributed by atoms with Crippen LogP contribution in [0.25, 0.3) is 32.1 Å². The lowest BCUT2D eigenvalue weighted by atomic mass is 10.0. The summed E-state index contributed by atoms with van der Waals surface area (Å²) in [5.74, 6) is -0.187. The number of fused-ring (bicyclic) bond motifs is 2. The molecule has 2 atom stereocenters. The second-order valence-electron chi connectivity index (χ2n) is 8.37. The number of rotatable bonds is 7. The largest absolute Gasteiger partial charge is 0.480 e. The van der Waals surface area contributed by atoms with Gasteiger partial charge < -0.3 is 16.2 Å². The average molecular weight is 505 g/mol. The van der Waals surface area contributed by atoms with Gasteiger partial charge in [0.05, 0.1) is 16.3 Å². The van der Waals surface area contributed by atoms with Crippen LogP contribution in [0.2, 0.25) is 0 Å². The molecule has 0 amide bonds. The van der Waals surface area contributed by atoms with Crippen molar-refractivity contribution in [2.45, 2.75) is 25.4 Å². The number of carboxylic acids is 1. The average Bonchev–Trinajstić information content (AvgIpc) is 3.29. The van der Waals surface area contributed by atoms with E-state index in [2.05, 4.69) is 64.0 Å². The van der Waals surface area contributed by atoms with E-state index in [4.69, 9.17) is 10.8 Å². The highest BCUT2D eigenvalue weighted by molar-refractivity contribution is 7.18. The van der Waals surface area contributed by atoms with Crippen LogP contribution < -0.4 is 11.1 Å². The summed E-state index contributed by atoms with van der Waals surface area (Å²) in [6.45, 7) is 2.13. The first-order chi connectivity index (χ1) is 16.5. The van der Waals surface area contributed by atoms with Crippen LogP contribution in [0, 0.1) is 0 Å². The van der Waals surface area contributed by atoms with Gasteiger partial charge in [-0.2, -0.15) is 0 Å². The fourth-order valence-corrected chi connectivity index (χ4v) is 5.07. The normalized spacial score (nSPS) is 12.7. The molecule has 5 rings (SSSR count). The van der Waals surface area contributed by atoms with Crippen LogP contribution in [-0.4, -0.2) is 27.1 Å². The highest BCUT2D eigenvalue weighted by Gasteiger charge is 2.16. The number of nitrogens with two attached hydrogens (primary N) is 1. The lowest BCUT2D eigenvalue weighted by molar-refractivity contribution is -0.138. The van der Waals surface area contributed by atoms with Crippen molar-refractivity contribution >= 4 is 56.5 Å². The van der Waals surface area contributed by atoms with Crippen molar-refractivity contribution in [1.82, 2.24) is 9.97 Å². The molecule has 6 nitrogen and oxygen atoms in total. The van der Waals surface area contributed by atoms with Gasteiger partial charge in [-0.1, -0.05) is 60.7 Å². The molecule has 0 bridgehead atoms. The van der Waals surface area contributed by atoms with Crippen LogP contribution in [0.4, 0.5) is 5.82 Å². The van der Waals surface area contributed by atoms with E-state index in [9.17, 15) is 4.79 Å². The molecule has 178 valence electrons. The zero-order chi connectivity index (χ0) is 23.7. The molecule has 5 aromatic rings. The number of aliphatic carboxylic acids is 1. The van der Waals surface area contributed by atoms with Crippen molar-refractivity contribution in [3.8, 4) is 11.1 Å². The van der Waals surface area contributed by atoms with Gasteiger partial charge in [-0.05, 0) is 46.9 Å². The lowest BCUT2D eigenvalue weighted by Crippen LogP contribution is -2.32.